The summed E-state index contributed by atoms with van der Waals surface area (Å²) in [6.45, 7) is 0.810. The lowest BCUT2D eigenvalue weighted by Crippen LogP contribution is -2.17. The lowest BCUT2D eigenvalue weighted by Gasteiger charge is -2.16. The van der Waals surface area contributed by atoms with Crippen molar-refractivity contribution in [1.82, 2.24) is 0 Å². The second-order valence-corrected chi connectivity index (χ2v) is 9.11. The molecule has 40 heavy (non-hydrogen) atoms. The highest BCUT2D eigenvalue weighted by atomic mass is 16.5. The van der Waals surface area contributed by atoms with Gasteiger partial charge in [-0.3, -0.25) is 4.79 Å². The molecule has 0 atom stereocenters. The molecular formula is C32H28N2O6. The van der Waals surface area contributed by atoms with Crippen LogP contribution in [0.3, 0.4) is 0 Å². The number of anilines is 1. The summed E-state index contributed by atoms with van der Waals surface area (Å²) in [6.07, 6.45) is 0.629. The number of esters is 1. The van der Waals surface area contributed by atoms with Crippen molar-refractivity contribution in [2.75, 3.05) is 25.6 Å². The van der Waals surface area contributed by atoms with Crippen molar-refractivity contribution in [3.8, 4) is 23.0 Å². The first kappa shape index (κ1) is 26.5. The van der Waals surface area contributed by atoms with Gasteiger partial charge in [-0.05, 0) is 70.9 Å². The molecule has 4 N–H and O–H groups in total. The van der Waals surface area contributed by atoms with Crippen LogP contribution in [0.5, 0.6) is 23.0 Å². The Hall–Kier alpha value is -5.08. The number of carbonyl (C=O) groups excluding carboxylic acids is 2. The van der Waals surface area contributed by atoms with Crippen LogP contribution >= 0.6 is 0 Å². The molecule has 0 fully saturated rings. The van der Waals surface area contributed by atoms with Gasteiger partial charge in [-0.2, -0.15) is 0 Å². The Morgan fingerprint density at radius 3 is 2.00 bits per heavy atom. The first-order chi connectivity index (χ1) is 19.5. The van der Waals surface area contributed by atoms with Gasteiger partial charge in [0.25, 0.3) is 5.91 Å². The van der Waals surface area contributed by atoms with Gasteiger partial charge in [0, 0.05) is 6.07 Å². The van der Waals surface area contributed by atoms with E-state index in [4.69, 9.17) is 19.9 Å². The van der Waals surface area contributed by atoms with Crippen LogP contribution < -0.4 is 25.3 Å². The number of ether oxygens (including phenoxy) is 3. The third-order valence-electron chi connectivity index (χ3n) is 6.40. The van der Waals surface area contributed by atoms with Crippen LogP contribution in [0.2, 0.25) is 0 Å². The van der Waals surface area contributed by atoms with Crippen LogP contribution in [0.1, 0.15) is 27.1 Å². The number of aromatic hydroxyl groups is 1. The normalized spacial score (nSPS) is 10.8. The second-order valence-electron chi connectivity index (χ2n) is 9.11. The second kappa shape index (κ2) is 11.8. The number of nitrogens with two attached hydrogens (primary N) is 1. The van der Waals surface area contributed by atoms with E-state index in [1.807, 2.05) is 54.6 Å². The maximum Gasteiger partial charge on any atom is 0.347 e. The molecule has 0 bridgehead atoms. The fraction of sp³-hybridized carbons (Fsp3) is 0.125. The van der Waals surface area contributed by atoms with Gasteiger partial charge < -0.3 is 30.4 Å². The van der Waals surface area contributed by atoms with E-state index in [-0.39, 0.29) is 22.7 Å². The summed E-state index contributed by atoms with van der Waals surface area (Å²) in [5.74, 6) is -0.601. The molecule has 0 aliphatic heterocycles. The van der Waals surface area contributed by atoms with Crippen LogP contribution in [0, 0.1) is 0 Å². The molecule has 5 aromatic rings. The molecule has 0 aliphatic carbocycles. The summed E-state index contributed by atoms with van der Waals surface area (Å²) in [4.78, 5) is 26.8. The van der Waals surface area contributed by atoms with Crippen molar-refractivity contribution >= 4 is 39.1 Å². The Balaban J connectivity index is 1.46. The summed E-state index contributed by atoms with van der Waals surface area (Å²) in [6, 6.07) is 26.3. The summed E-state index contributed by atoms with van der Waals surface area (Å²) in [5, 5.41) is 16.5. The van der Waals surface area contributed by atoms with Crippen molar-refractivity contribution in [3.05, 3.63) is 102 Å². The molecular weight excluding hydrogens is 508 g/mol. The first-order valence-corrected chi connectivity index (χ1v) is 12.8. The van der Waals surface area contributed by atoms with E-state index in [9.17, 15) is 14.7 Å². The molecule has 8 nitrogen and oxygen atoms in total. The highest BCUT2D eigenvalue weighted by Crippen LogP contribution is 2.34. The Kier molecular flexibility index (Phi) is 7.80. The number of phenols is 1. The molecule has 5 rings (SSSR count). The fourth-order valence-corrected chi connectivity index (χ4v) is 4.37. The topological polar surface area (TPSA) is 120 Å². The van der Waals surface area contributed by atoms with Gasteiger partial charge in [-0.25, -0.2) is 4.79 Å². The molecule has 8 heteroatoms. The molecule has 5 aromatic carbocycles. The number of nitrogens with one attached hydrogen (secondary N) is 1. The number of carbonyl (C=O) groups is 2. The third kappa shape index (κ3) is 5.67. The number of hydrogen-bond donors (Lipinski definition) is 3. The number of hydrogen-bond acceptors (Lipinski definition) is 7. The summed E-state index contributed by atoms with van der Waals surface area (Å²) < 4.78 is 17.0. The van der Waals surface area contributed by atoms with Crippen molar-refractivity contribution in [1.29, 1.82) is 0 Å². The van der Waals surface area contributed by atoms with E-state index in [1.165, 1.54) is 25.3 Å². The van der Waals surface area contributed by atoms with Crippen LogP contribution in [-0.2, 0) is 0 Å². The van der Waals surface area contributed by atoms with E-state index in [0.717, 1.165) is 21.5 Å². The highest BCUT2D eigenvalue weighted by molar-refractivity contribution is 6.09. The summed E-state index contributed by atoms with van der Waals surface area (Å²) in [5.41, 5.74) is 6.31. The molecule has 0 radical (unpaired) electrons. The Morgan fingerprint density at radius 2 is 1.38 bits per heavy atom. The summed E-state index contributed by atoms with van der Waals surface area (Å²) in [7, 11) is 1.47. The van der Waals surface area contributed by atoms with Gasteiger partial charge >= 0.3 is 5.97 Å². The van der Waals surface area contributed by atoms with Gasteiger partial charge in [0.15, 0.2) is 5.75 Å². The maximum absolute atomic E-state index is 13.5. The van der Waals surface area contributed by atoms with Gasteiger partial charge in [-0.1, -0.05) is 48.5 Å². The highest BCUT2D eigenvalue weighted by Gasteiger charge is 2.21. The Labute approximate surface area is 230 Å². The number of rotatable bonds is 9. The molecule has 202 valence electrons. The average Bonchev–Trinajstić information content (AvgIpc) is 2.97. The van der Waals surface area contributed by atoms with E-state index in [2.05, 4.69) is 5.32 Å². The minimum atomic E-state index is -0.708. The van der Waals surface area contributed by atoms with Crippen LogP contribution in [0.25, 0.3) is 21.5 Å². The molecule has 0 unspecified atom stereocenters. The van der Waals surface area contributed by atoms with Gasteiger partial charge in [-0.15, -0.1) is 0 Å². The number of methoxy groups -OCH3 is 1. The fourth-order valence-electron chi connectivity index (χ4n) is 4.37. The lowest BCUT2D eigenvalue weighted by molar-refractivity contribution is 0.0731. The van der Waals surface area contributed by atoms with Crippen molar-refractivity contribution in [2.24, 2.45) is 5.73 Å². The van der Waals surface area contributed by atoms with E-state index >= 15 is 0 Å². The predicted molar refractivity (Wildman–Crippen MR) is 155 cm³/mol. The van der Waals surface area contributed by atoms with Gasteiger partial charge in [0.05, 0.1) is 25.0 Å². The molecule has 0 spiro atoms. The smallest absolute Gasteiger partial charge is 0.347 e. The first-order valence-electron chi connectivity index (χ1n) is 12.8. The monoisotopic (exact) mass is 536 g/mol. The molecule has 0 aliphatic rings. The van der Waals surface area contributed by atoms with Crippen LogP contribution in [0.15, 0.2) is 91.0 Å². The number of phenolic OH excluding ortho intramolecular Hbond substituents is 1. The van der Waals surface area contributed by atoms with Crippen LogP contribution in [0.4, 0.5) is 5.69 Å². The SMILES string of the molecule is COc1cc2ccccc2cc1C(=O)Oc1cc(O)ccc1NC(=O)c1cc2ccccc2cc1OCCCN. The van der Waals surface area contributed by atoms with E-state index < -0.39 is 11.9 Å². The maximum atomic E-state index is 13.5. The number of amides is 1. The predicted octanol–water partition coefficient (Wildman–Crippen LogP) is 5.91. The third-order valence-corrected chi connectivity index (χ3v) is 6.40. The number of fused-ring (bicyclic) bond motifs is 2. The quantitative estimate of drug-likeness (QED) is 0.0927. The van der Waals surface area contributed by atoms with E-state index in [1.54, 1.807) is 18.2 Å². The minimum absolute atomic E-state index is 0.0278. The zero-order chi connectivity index (χ0) is 28.1. The molecule has 0 heterocycles. The summed E-state index contributed by atoms with van der Waals surface area (Å²) >= 11 is 0. The van der Waals surface area contributed by atoms with Crippen LogP contribution in [-0.4, -0.2) is 37.2 Å². The number of benzene rings is 5. The zero-order valence-corrected chi connectivity index (χ0v) is 21.8. The molecule has 1 amide bonds. The van der Waals surface area contributed by atoms with Crippen molar-refractivity contribution in [3.63, 3.8) is 0 Å². The van der Waals surface area contributed by atoms with Crippen molar-refractivity contribution in [2.45, 2.75) is 6.42 Å². The molecule has 0 aromatic heterocycles. The molecule has 0 saturated carbocycles. The van der Waals surface area contributed by atoms with Crippen molar-refractivity contribution < 1.29 is 28.9 Å². The standard InChI is InChI=1S/C32H28N2O6/c1-38-28-17-22-9-4-3-8-21(22)16-26(28)32(37)40-30-19-24(35)11-12-27(30)34-31(36)25-15-20-7-2-5-10-23(20)18-29(25)39-14-6-13-33/h2-5,7-12,15-19,35H,6,13-14,33H2,1H3,(H,34,36). The largest absolute Gasteiger partial charge is 0.508 e. The Morgan fingerprint density at radius 1 is 0.775 bits per heavy atom. The lowest BCUT2D eigenvalue weighted by atomic mass is 10.0. The zero-order valence-electron chi connectivity index (χ0n) is 21.8. The minimum Gasteiger partial charge on any atom is -0.508 e. The van der Waals surface area contributed by atoms with Gasteiger partial charge in [0.1, 0.15) is 22.8 Å². The van der Waals surface area contributed by atoms with Gasteiger partial charge in [0.2, 0.25) is 0 Å². The van der Waals surface area contributed by atoms with E-state index in [0.29, 0.717) is 36.6 Å². The molecule has 0 saturated heterocycles. The Bertz CT molecular complexity index is 1720. The average molecular weight is 537 g/mol.